The molecule has 1 fully saturated rings. The van der Waals surface area contributed by atoms with E-state index in [0.29, 0.717) is 21.5 Å². The van der Waals surface area contributed by atoms with Crippen LogP contribution in [-0.2, 0) is 26.7 Å². The van der Waals surface area contributed by atoms with Crippen LogP contribution in [0.5, 0.6) is 5.75 Å². The van der Waals surface area contributed by atoms with Gasteiger partial charge in [0.05, 0.1) is 0 Å². The molecular weight excluding hydrogens is 583 g/mol. The summed E-state index contributed by atoms with van der Waals surface area (Å²) in [7, 11) is -4.67. The van der Waals surface area contributed by atoms with E-state index in [1.165, 1.54) is 17.2 Å². The minimum atomic E-state index is -4.67. The summed E-state index contributed by atoms with van der Waals surface area (Å²) >= 11 is 6.19. The van der Waals surface area contributed by atoms with Crippen LogP contribution in [0.3, 0.4) is 0 Å². The maximum absolute atomic E-state index is 12.8. The smallest absolute Gasteiger partial charge is 0.294 e. The first kappa shape index (κ1) is 29.4. The molecule has 10 heteroatoms. The van der Waals surface area contributed by atoms with Crippen molar-refractivity contribution in [2.45, 2.75) is 48.1 Å². The number of halogens is 2. The van der Waals surface area contributed by atoms with Gasteiger partial charge in [0.15, 0.2) is 0 Å². The Kier molecular flexibility index (Phi) is 8.07. The van der Waals surface area contributed by atoms with Crippen LogP contribution in [0.4, 0.5) is 0 Å². The molecule has 0 radical (unpaired) electrons. The van der Waals surface area contributed by atoms with Crippen molar-refractivity contribution < 1.29 is 22.5 Å². The van der Waals surface area contributed by atoms with Crippen molar-refractivity contribution >= 4 is 50.8 Å². The molecule has 4 aromatic carbocycles. The molecular formula is C31H30Cl2N2O5S. The van der Waals surface area contributed by atoms with Gasteiger partial charge in [0, 0.05) is 22.0 Å². The molecule has 1 aliphatic carbocycles. The molecule has 0 bridgehead atoms. The van der Waals surface area contributed by atoms with Crippen LogP contribution in [0.1, 0.15) is 53.7 Å². The third-order valence-corrected chi connectivity index (χ3v) is 9.54. The number of nitrogens with one attached hydrogen (secondary N) is 1. The number of hydrogen-bond donors (Lipinski definition) is 3. The monoisotopic (exact) mass is 612 g/mol. The predicted octanol–water partition coefficient (Wildman–Crippen LogP) is 6.08. The zero-order valence-electron chi connectivity index (χ0n) is 22.0. The SMILES string of the molecule is Cl.NC(=O)C(Oc1ccc2c(c1)C(C1(c3ccc(Cl)cc3)CCC1)NCC2)c1c(S(=O)(=O)O)ccc2ccccc12. The van der Waals surface area contributed by atoms with Crippen molar-refractivity contribution in [2.75, 3.05) is 6.54 Å². The summed E-state index contributed by atoms with van der Waals surface area (Å²) in [6.45, 7) is 0.838. The minimum Gasteiger partial charge on any atom is -0.476 e. The van der Waals surface area contributed by atoms with Gasteiger partial charge in [-0.1, -0.05) is 66.6 Å². The van der Waals surface area contributed by atoms with Gasteiger partial charge in [-0.2, -0.15) is 8.42 Å². The number of hydrogen-bond acceptors (Lipinski definition) is 5. The second-order valence-electron chi connectivity index (χ2n) is 10.6. The van der Waals surface area contributed by atoms with E-state index in [1.807, 2.05) is 24.3 Å². The van der Waals surface area contributed by atoms with Crippen LogP contribution < -0.4 is 15.8 Å². The number of nitrogens with two attached hydrogens (primary N) is 1. The van der Waals surface area contributed by atoms with Gasteiger partial charge in [0.25, 0.3) is 16.0 Å². The Morgan fingerprint density at radius 3 is 2.44 bits per heavy atom. The van der Waals surface area contributed by atoms with Gasteiger partial charge in [-0.05, 0) is 83.6 Å². The van der Waals surface area contributed by atoms with Crippen LogP contribution in [0.2, 0.25) is 5.02 Å². The Hall–Kier alpha value is -3.14. The van der Waals surface area contributed by atoms with Gasteiger partial charge in [-0.3, -0.25) is 9.35 Å². The molecule has 1 heterocycles. The summed E-state index contributed by atoms with van der Waals surface area (Å²) in [5, 5.41) is 5.56. The van der Waals surface area contributed by atoms with E-state index >= 15 is 0 Å². The van der Waals surface area contributed by atoms with E-state index in [0.717, 1.165) is 37.8 Å². The third-order valence-electron chi connectivity index (χ3n) is 8.37. The highest BCUT2D eigenvalue weighted by molar-refractivity contribution is 7.85. The lowest BCUT2D eigenvalue weighted by Gasteiger charge is -2.50. The Labute approximate surface area is 250 Å². The maximum atomic E-state index is 12.8. The lowest BCUT2D eigenvalue weighted by atomic mass is 9.58. The quantitative estimate of drug-likeness (QED) is 0.218. The van der Waals surface area contributed by atoms with Crippen LogP contribution >= 0.6 is 24.0 Å². The Morgan fingerprint density at radius 1 is 1.05 bits per heavy atom. The first-order chi connectivity index (χ1) is 19.2. The van der Waals surface area contributed by atoms with Crippen molar-refractivity contribution in [1.29, 1.82) is 0 Å². The molecule has 4 N–H and O–H groups in total. The number of rotatable bonds is 7. The fourth-order valence-electron chi connectivity index (χ4n) is 6.35. The van der Waals surface area contributed by atoms with Crippen molar-refractivity contribution in [3.05, 3.63) is 106 Å². The molecule has 41 heavy (non-hydrogen) atoms. The zero-order chi connectivity index (χ0) is 28.1. The summed E-state index contributed by atoms with van der Waals surface area (Å²) in [5.74, 6) is -0.485. The molecule has 4 aromatic rings. The highest BCUT2D eigenvalue weighted by atomic mass is 35.5. The van der Waals surface area contributed by atoms with E-state index in [2.05, 4.69) is 17.4 Å². The van der Waals surface area contributed by atoms with Gasteiger partial charge in [-0.25, -0.2) is 0 Å². The van der Waals surface area contributed by atoms with E-state index in [9.17, 15) is 17.8 Å². The van der Waals surface area contributed by atoms with E-state index in [1.54, 1.807) is 36.4 Å². The van der Waals surface area contributed by atoms with Gasteiger partial charge in [0.1, 0.15) is 10.6 Å². The summed E-state index contributed by atoms with van der Waals surface area (Å²) in [4.78, 5) is 12.4. The number of amides is 1. The fourth-order valence-corrected chi connectivity index (χ4v) is 7.21. The van der Waals surface area contributed by atoms with Crippen LogP contribution in [0, 0.1) is 0 Å². The number of benzene rings is 4. The van der Waals surface area contributed by atoms with Crippen molar-refractivity contribution in [3.63, 3.8) is 0 Å². The second-order valence-corrected chi connectivity index (χ2v) is 12.4. The van der Waals surface area contributed by atoms with Crippen LogP contribution in [0.15, 0.2) is 83.8 Å². The molecule has 0 spiro atoms. The molecule has 2 unspecified atom stereocenters. The summed E-state index contributed by atoms with van der Waals surface area (Å²) in [5.41, 5.74) is 9.21. The molecule has 7 nitrogen and oxygen atoms in total. The zero-order valence-corrected chi connectivity index (χ0v) is 24.4. The molecule has 6 rings (SSSR count). The van der Waals surface area contributed by atoms with Crippen molar-refractivity contribution in [1.82, 2.24) is 5.32 Å². The number of primary amides is 1. The first-order valence-electron chi connectivity index (χ1n) is 13.2. The summed E-state index contributed by atoms with van der Waals surface area (Å²) in [6, 6.07) is 23.6. The van der Waals surface area contributed by atoms with Gasteiger partial charge < -0.3 is 15.8 Å². The topological polar surface area (TPSA) is 119 Å². The van der Waals surface area contributed by atoms with E-state index < -0.39 is 27.0 Å². The molecule has 1 saturated carbocycles. The lowest BCUT2D eigenvalue weighted by Crippen LogP contribution is -2.49. The highest BCUT2D eigenvalue weighted by Gasteiger charge is 2.47. The van der Waals surface area contributed by atoms with Crippen molar-refractivity contribution in [3.8, 4) is 5.75 Å². The summed E-state index contributed by atoms with van der Waals surface area (Å²) in [6.07, 6.45) is 2.56. The van der Waals surface area contributed by atoms with Crippen LogP contribution in [0.25, 0.3) is 10.8 Å². The second kappa shape index (κ2) is 11.3. The minimum absolute atomic E-state index is 0. The molecule has 214 valence electrons. The number of carbonyl (C=O) groups excluding carboxylic acids is 1. The van der Waals surface area contributed by atoms with Gasteiger partial charge in [-0.15, -0.1) is 12.4 Å². The number of carbonyl (C=O) groups is 1. The normalized spacial score (nSPS) is 18.4. The molecule has 0 aromatic heterocycles. The Morgan fingerprint density at radius 2 is 1.78 bits per heavy atom. The van der Waals surface area contributed by atoms with E-state index in [-0.39, 0.29) is 29.4 Å². The van der Waals surface area contributed by atoms with Gasteiger partial charge >= 0.3 is 0 Å². The molecule has 1 aliphatic heterocycles. The Balaban J connectivity index is 0.00000337. The average molecular weight is 614 g/mol. The third kappa shape index (κ3) is 5.31. The Bertz CT molecular complexity index is 1720. The molecule has 0 saturated heterocycles. The number of ether oxygens (including phenoxy) is 1. The molecule has 2 aliphatic rings. The maximum Gasteiger partial charge on any atom is 0.294 e. The lowest BCUT2D eigenvalue weighted by molar-refractivity contribution is -0.125. The standard InChI is InChI=1S/C31H29ClN2O5S.ClH/c32-22-10-8-21(9-11-22)31(15-3-16-31)29-25-18-23(12-6-20(25)14-17-34-29)39-28(30(33)35)27-24-5-2-1-4-19(24)7-13-26(27)40(36,37)38;/h1-2,4-13,18,28-29,34H,3,14-17H2,(H2,33,35)(H,36,37,38);1H. The van der Waals surface area contributed by atoms with Crippen molar-refractivity contribution in [2.24, 2.45) is 5.73 Å². The predicted molar refractivity (Wildman–Crippen MR) is 161 cm³/mol. The number of fused-ring (bicyclic) bond motifs is 2. The highest BCUT2D eigenvalue weighted by Crippen LogP contribution is 2.54. The van der Waals surface area contributed by atoms with E-state index in [4.69, 9.17) is 22.1 Å². The average Bonchev–Trinajstić information content (AvgIpc) is 2.91. The fraction of sp³-hybridized carbons (Fsp3) is 0.258. The summed E-state index contributed by atoms with van der Waals surface area (Å²) < 4.78 is 40.9. The molecule has 1 amide bonds. The first-order valence-corrected chi connectivity index (χ1v) is 15.1. The van der Waals surface area contributed by atoms with Crippen LogP contribution in [-0.4, -0.2) is 25.4 Å². The largest absolute Gasteiger partial charge is 0.476 e. The van der Waals surface area contributed by atoms with Gasteiger partial charge in [0.2, 0.25) is 6.10 Å². The molecule has 2 atom stereocenters.